The van der Waals surface area contributed by atoms with Gasteiger partial charge in [0.15, 0.2) is 4.34 Å². The summed E-state index contributed by atoms with van der Waals surface area (Å²) in [4.78, 5) is 17.9. The van der Waals surface area contributed by atoms with Gasteiger partial charge in [0.1, 0.15) is 11.0 Å². The van der Waals surface area contributed by atoms with Crippen LogP contribution in [0.2, 0.25) is 0 Å². The molecule has 170 valence electrons. The van der Waals surface area contributed by atoms with Crippen LogP contribution in [0.1, 0.15) is 17.7 Å². The average Bonchev–Trinajstić information content (AvgIpc) is 3.20. The summed E-state index contributed by atoms with van der Waals surface area (Å²) >= 11 is 2.86. The van der Waals surface area contributed by atoms with Gasteiger partial charge in [0.05, 0.1) is 21.7 Å². The topological polar surface area (TPSA) is 111 Å². The number of nitrogens with one attached hydrogen (secondary N) is 1. The van der Waals surface area contributed by atoms with Crippen LogP contribution in [0.4, 0.5) is 5.69 Å². The number of nitrogens with zero attached hydrogens (tertiary/aromatic N) is 1. The molecule has 33 heavy (non-hydrogen) atoms. The second kappa shape index (κ2) is 9.92. The van der Waals surface area contributed by atoms with Gasteiger partial charge in [0, 0.05) is 5.69 Å². The van der Waals surface area contributed by atoms with Crippen molar-refractivity contribution in [3.8, 4) is 5.75 Å². The second-order valence-corrected chi connectivity index (χ2v) is 11.0. The van der Waals surface area contributed by atoms with Crippen molar-refractivity contribution in [2.24, 2.45) is 5.14 Å². The number of rotatable bonds is 8. The Labute approximate surface area is 200 Å². The number of hydrogen-bond donors (Lipinski definition) is 2. The molecular weight excluding hydrogens is 478 g/mol. The van der Waals surface area contributed by atoms with Crippen molar-refractivity contribution in [1.29, 1.82) is 0 Å². The van der Waals surface area contributed by atoms with Gasteiger partial charge in [0.2, 0.25) is 15.9 Å². The van der Waals surface area contributed by atoms with E-state index in [0.29, 0.717) is 12.3 Å². The summed E-state index contributed by atoms with van der Waals surface area (Å²) in [5, 5.41) is 7.45. The number of sulfonamides is 1. The Morgan fingerprint density at radius 1 is 1.12 bits per heavy atom. The third kappa shape index (κ3) is 5.72. The number of hydrogen-bond acceptors (Lipinski definition) is 7. The van der Waals surface area contributed by atoms with Gasteiger partial charge in [-0.1, -0.05) is 42.1 Å². The lowest BCUT2D eigenvalue weighted by Gasteiger charge is -2.16. The van der Waals surface area contributed by atoms with Gasteiger partial charge in [0.25, 0.3) is 0 Å². The van der Waals surface area contributed by atoms with Crippen LogP contribution in [0, 0.1) is 0 Å². The largest absolute Gasteiger partial charge is 0.494 e. The third-order valence-corrected chi connectivity index (χ3v) is 7.96. The van der Waals surface area contributed by atoms with E-state index in [4.69, 9.17) is 9.88 Å². The molecule has 1 unspecified atom stereocenters. The van der Waals surface area contributed by atoms with Crippen molar-refractivity contribution in [1.82, 2.24) is 4.98 Å². The number of nitrogens with two attached hydrogens (primary N) is 1. The zero-order valence-corrected chi connectivity index (χ0v) is 20.0. The van der Waals surface area contributed by atoms with E-state index < -0.39 is 15.3 Å². The summed E-state index contributed by atoms with van der Waals surface area (Å²) in [5.41, 5.74) is 2.15. The number of anilines is 1. The zero-order chi connectivity index (χ0) is 23.4. The van der Waals surface area contributed by atoms with E-state index in [2.05, 4.69) is 10.3 Å². The van der Waals surface area contributed by atoms with Gasteiger partial charge in [-0.25, -0.2) is 18.5 Å². The highest BCUT2D eigenvalue weighted by atomic mass is 32.2. The van der Waals surface area contributed by atoms with Gasteiger partial charge in [-0.05, 0) is 55.0 Å². The van der Waals surface area contributed by atoms with Gasteiger partial charge in [-0.15, -0.1) is 11.3 Å². The van der Waals surface area contributed by atoms with Crippen molar-refractivity contribution < 1.29 is 17.9 Å². The van der Waals surface area contributed by atoms with Crippen molar-refractivity contribution in [2.75, 3.05) is 11.9 Å². The van der Waals surface area contributed by atoms with E-state index in [-0.39, 0.29) is 10.8 Å². The number of primary sulfonamides is 1. The van der Waals surface area contributed by atoms with Crippen molar-refractivity contribution in [3.05, 3.63) is 78.4 Å². The summed E-state index contributed by atoms with van der Waals surface area (Å²) in [6, 6.07) is 20.9. The van der Waals surface area contributed by atoms with Gasteiger partial charge in [-0.3, -0.25) is 4.79 Å². The maximum Gasteiger partial charge on any atom is 0.242 e. The third-order valence-electron chi connectivity index (χ3n) is 4.66. The highest BCUT2D eigenvalue weighted by molar-refractivity contribution is 8.02. The fraction of sp³-hybridized carbons (Fsp3) is 0.130. The van der Waals surface area contributed by atoms with Crippen LogP contribution >= 0.6 is 23.1 Å². The van der Waals surface area contributed by atoms with Crippen LogP contribution in [0.5, 0.6) is 5.75 Å². The molecule has 3 aromatic carbocycles. The van der Waals surface area contributed by atoms with Crippen LogP contribution in [0.25, 0.3) is 10.2 Å². The number of carbonyl (C=O) groups excluding carboxylic acids is 1. The first-order chi connectivity index (χ1) is 15.8. The van der Waals surface area contributed by atoms with E-state index in [1.54, 1.807) is 0 Å². The molecule has 0 aliphatic heterocycles. The van der Waals surface area contributed by atoms with Crippen LogP contribution < -0.4 is 15.2 Å². The fourth-order valence-electron chi connectivity index (χ4n) is 3.13. The molecule has 1 amide bonds. The lowest BCUT2D eigenvalue weighted by molar-refractivity contribution is -0.115. The Bertz CT molecular complexity index is 1370. The first kappa shape index (κ1) is 23.2. The summed E-state index contributed by atoms with van der Waals surface area (Å²) < 4.78 is 30.2. The predicted octanol–water partition coefficient (Wildman–Crippen LogP) is 4.81. The SMILES string of the molecule is CCOc1ccc2nc(SC(C(=O)Nc3ccc(S(N)(=O)=O)cc3)c3ccccc3)sc2c1. The number of thioether (sulfide) groups is 1. The Morgan fingerprint density at radius 2 is 1.85 bits per heavy atom. The smallest absolute Gasteiger partial charge is 0.242 e. The molecule has 0 saturated heterocycles. The second-order valence-electron chi connectivity index (χ2n) is 7.01. The van der Waals surface area contributed by atoms with Crippen LogP contribution in [0.15, 0.2) is 82.0 Å². The summed E-state index contributed by atoms with van der Waals surface area (Å²) in [6.07, 6.45) is 0. The van der Waals surface area contributed by atoms with Crippen molar-refractivity contribution in [2.45, 2.75) is 21.4 Å². The number of benzene rings is 3. The van der Waals surface area contributed by atoms with E-state index >= 15 is 0 Å². The molecule has 3 N–H and O–H groups in total. The lowest BCUT2D eigenvalue weighted by Crippen LogP contribution is -2.19. The standard InChI is InChI=1S/C23H21N3O4S3/c1-2-30-17-10-13-19-20(14-17)31-23(26-19)32-21(15-6-4-3-5-7-15)22(27)25-16-8-11-18(12-9-16)33(24,28)29/h3-14,21H,2H2,1H3,(H,25,27)(H2,24,28,29). The molecule has 4 aromatic rings. The van der Waals surface area contributed by atoms with Crippen LogP contribution in [-0.2, 0) is 14.8 Å². The molecule has 0 spiro atoms. The average molecular weight is 500 g/mol. The zero-order valence-electron chi connectivity index (χ0n) is 17.6. The number of thiazole rings is 1. The quantitative estimate of drug-likeness (QED) is 0.336. The predicted molar refractivity (Wildman–Crippen MR) is 132 cm³/mol. The van der Waals surface area contributed by atoms with Crippen molar-refractivity contribution in [3.63, 3.8) is 0 Å². The van der Waals surface area contributed by atoms with E-state index in [9.17, 15) is 13.2 Å². The maximum atomic E-state index is 13.2. The van der Waals surface area contributed by atoms with E-state index in [1.165, 1.54) is 47.4 Å². The fourth-order valence-corrected chi connectivity index (χ4v) is 5.93. The van der Waals surface area contributed by atoms with E-state index in [1.807, 2.05) is 55.5 Å². The van der Waals surface area contributed by atoms with Gasteiger partial charge < -0.3 is 10.1 Å². The lowest BCUT2D eigenvalue weighted by atomic mass is 10.1. The van der Waals surface area contributed by atoms with Gasteiger partial charge >= 0.3 is 0 Å². The Balaban J connectivity index is 1.59. The number of amides is 1. The minimum absolute atomic E-state index is 0.0182. The maximum absolute atomic E-state index is 13.2. The molecule has 1 heterocycles. The van der Waals surface area contributed by atoms with Crippen molar-refractivity contribution >= 4 is 54.9 Å². The normalized spacial score (nSPS) is 12.4. The summed E-state index contributed by atoms with van der Waals surface area (Å²) in [7, 11) is -3.80. The Kier molecular flexibility index (Phi) is 6.99. The molecule has 0 fully saturated rings. The minimum Gasteiger partial charge on any atom is -0.494 e. The highest BCUT2D eigenvalue weighted by Gasteiger charge is 2.24. The number of aromatic nitrogens is 1. The molecule has 4 rings (SSSR count). The van der Waals surface area contributed by atoms with Crippen LogP contribution in [-0.4, -0.2) is 25.9 Å². The molecule has 7 nitrogen and oxygen atoms in total. The molecule has 0 radical (unpaired) electrons. The monoisotopic (exact) mass is 499 g/mol. The first-order valence-electron chi connectivity index (χ1n) is 10.0. The van der Waals surface area contributed by atoms with Crippen LogP contribution in [0.3, 0.4) is 0 Å². The molecule has 10 heteroatoms. The molecule has 1 atom stereocenters. The minimum atomic E-state index is -3.80. The summed E-state index contributed by atoms with van der Waals surface area (Å²) in [6.45, 7) is 2.52. The number of fused-ring (bicyclic) bond motifs is 1. The van der Waals surface area contributed by atoms with Gasteiger partial charge in [-0.2, -0.15) is 0 Å². The molecule has 1 aromatic heterocycles. The number of carbonyl (C=O) groups is 1. The molecule has 0 bridgehead atoms. The molecule has 0 aliphatic rings. The molecular formula is C23H21N3O4S3. The highest BCUT2D eigenvalue weighted by Crippen LogP contribution is 2.40. The Morgan fingerprint density at radius 3 is 2.52 bits per heavy atom. The number of ether oxygens (including phenoxy) is 1. The first-order valence-corrected chi connectivity index (χ1v) is 13.3. The molecule has 0 aliphatic carbocycles. The summed E-state index contributed by atoms with van der Waals surface area (Å²) in [5.74, 6) is 0.536. The Hall–Kier alpha value is -2.92. The van der Waals surface area contributed by atoms with E-state index in [0.717, 1.165) is 25.9 Å². The molecule has 0 saturated carbocycles.